The van der Waals surface area contributed by atoms with Gasteiger partial charge in [-0.15, -0.1) is 0 Å². The largest absolute Gasteiger partial charge is 0.393 e. The zero-order chi connectivity index (χ0) is 24.1. The molecule has 12 heteroatoms. The van der Waals surface area contributed by atoms with Crippen LogP contribution in [0.2, 0.25) is 0 Å². The van der Waals surface area contributed by atoms with Crippen molar-refractivity contribution < 1.29 is 26.4 Å². The molecule has 0 bridgehead atoms. The first-order valence-corrected chi connectivity index (χ1v) is 11.8. The van der Waals surface area contributed by atoms with E-state index >= 15 is 0 Å². The molecule has 2 heterocycles. The molecule has 2 amide bonds. The molecular weight excluding hydrogens is 459 g/mol. The molecule has 2 atom stereocenters. The standard InChI is InChI=1S/C21H26F3N5O3S/c1-29(14-18-5-4-16(13-26-18)21(22,23)24)33(31,32)19-8-6-17(7-9-19)28-20(30)27-12-15-3-2-10-25-11-15/h2-3,6-11,16,18,26H,4-5,12-14H2,1H3,(H2,27,28,30). The zero-order valence-electron chi connectivity index (χ0n) is 18.0. The van der Waals surface area contributed by atoms with Gasteiger partial charge in [0.15, 0.2) is 0 Å². The number of urea groups is 1. The highest BCUT2D eigenvalue weighted by Gasteiger charge is 2.41. The summed E-state index contributed by atoms with van der Waals surface area (Å²) in [6.45, 7) is 0.130. The van der Waals surface area contributed by atoms with E-state index in [2.05, 4.69) is 20.9 Å². The van der Waals surface area contributed by atoms with Crippen molar-refractivity contribution in [3.05, 3.63) is 54.4 Å². The molecule has 1 aliphatic heterocycles. The molecule has 2 unspecified atom stereocenters. The third-order valence-corrected chi connectivity index (χ3v) is 7.29. The summed E-state index contributed by atoms with van der Waals surface area (Å²) in [7, 11) is -2.44. The number of halogens is 3. The number of nitrogens with one attached hydrogen (secondary N) is 3. The Morgan fingerprint density at radius 1 is 1.21 bits per heavy atom. The molecule has 1 aromatic carbocycles. The Bertz CT molecular complexity index is 1030. The Kier molecular flexibility index (Phi) is 7.92. The Morgan fingerprint density at radius 2 is 1.94 bits per heavy atom. The number of hydrogen-bond acceptors (Lipinski definition) is 5. The summed E-state index contributed by atoms with van der Waals surface area (Å²) in [6.07, 6.45) is -0.778. The van der Waals surface area contributed by atoms with Crippen LogP contribution in [0.1, 0.15) is 18.4 Å². The number of carbonyl (C=O) groups is 1. The van der Waals surface area contributed by atoms with E-state index < -0.39 is 28.1 Å². The van der Waals surface area contributed by atoms with Gasteiger partial charge in [-0.05, 0) is 48.7 Å². The van der Waals surface area contributed by atoms with Crippen molar-refractivity contribution in [1.29, 1.82) is 0 Å². The van der Waals surface area contributed by atoms with Crippen molar-refractivity contribution in [2.75, 3.05) is 25.5 Å². The van der Waals surface area contributed by atoms with E-state index in [1.807, 2.05) is 6.07 Å². The number of likely N-dealkylation sites (N-methyl/N-ethyl adjacent to an activating group) is 1. The summed E-state index contributed by atoms with van der Waals surface area (Å²) >= 11 is 0. The van der Waals surface area contributed by atoms with Gasteiger partial charge in [-0.1, -0.05) is 6.07 Å². The van der Waals surface area contributed by atoms with Crippen LogP contribution in [0.25, 0.3) is 0 Å². The van der Waals surface area contributed by atoms with Crippen LogP contribution < -0.4 is 16.0 Å². The minimum Gasteiger partial charge on any atom is -0.334 e. The minimum absolute atomic E-state index is 0.0234. The van der Waals surface area contributed by atoms with E-state index in [1.165, 1.54) is 31.3 Å². The van der Waals surface area contributed by atoms with E-state index in [-0.39, 0.29) is 43.4 Å². The summed E-state index contributed by atoms with van der Waals surface area (Å²) in [4.78, 5) is 16.0. The topological polar surface area (TPSA) is 103 Å². The van der Waals surface area contributed by atoms with E-state index in [9.17, 15) is 26.4 Å². The maximum absolute atomic E-state index is 12.8. The number of anilines is 1. The number of hydrogen-bond donors (Lipinski definition) is 3. The first kappa shape index (κ1) is 24.9. The molecule has 1 fully saturated rings. The summed E-state index contributed by atoms with van der Waals surface area (Å²) < 4.78 is 65.2. The molecule has 3 rings (SSSR count). The predicted molar refractivity (Wildman–Crippen MR) is 117 cm³/mol. The number of pyridine rings is 1. The number of sulfonamides is 1. The van der Waals surface area contributed by atoms with Gasteiger partial charge in [-0.3, -0.25) is 4.98 Å². The lowest BCUT2D eigenvalue weighted by Gasteiger charge is -2.33. The lowest BCUT2D eigenvalue weighted by molar-refractivity contribution is -0.179. The number of amides is 2. The van der Waals surface area contributed by atoms with Crippen LogP contribution in [-0.4, -0.2) is 56.1 Å². The molecule has 1 saturated heterocycles. The average Bonchev–Trinajstić information content (AvgIpc) is 2.78. The van der Waals surface area contributed by atoms with Gasteiger partial charge in [0.1, 0.15) is 0 Å². The fraction of sp³-hybridized carbons (Fsp3) is 0.429. The first-order valence-electron chi connectivity index (χ1n) is 10.4. The number of piperidine rings is 1. The second kappa shape index (κ2) is 10.5. The van der Waals surface area contributed by atoms with E-state index in [4.69, 9.17) is 0 Å². The molecule has 33 heavy (non-hydrogen) atoms. The summed E-state index contributed by atoms with van der Waals surface area (Å²) in [5.74, 6) is -1.41. The van der Waals surface area contributed by atoms with Crippen LogP contribution in [-0.2, 0) is 16.6 Å². The highest BCUT2D eigenvalue weighted by atomic mass is 32.2. The third kappa shape index (κ3) is 6.89. The second-order valence-electron chi connectivity index (χ2n) is 7.90. The lowest BCUT2D eigenvalue weighted by atomic mass is 9.94. The zero-order valence-corrected chi connectivity index (χ0v) is 18.8. The summed E-state index contributed by atoms with van der Waals surface area (Å²) in [5, 5.41) is 8.10. The highest BCUT2D eigenvalue weighted by Crippen LogP contribution is 2.32. The lowest BCUT2D eigenvalue weighted by Crippen LogP contribution is -2.49. The molecular formula is C21H26F3N5O3S. The number of rotatable bonds is 7. The van der Waals surface area contributed by atoms with Crippen molar-refractivity contribution in [3.8, 4) is 0 Å². The van der Waals surface area contributed by atoms with Gasteiger partial charge < -0.3 is 16.0 Å². The Morgan fingerprint density at radius 3 is 2.52 bits per heavy atom. The van der Waals surface area contributed by atoms with Gasteiger partial charge in [0.05, 0.1) is 10.8 Å². The van der Waals surface area contributed by atoms with Gasteiger partial charge in [-0.25, -0.2) is 13.2 Å². The van der Waals surface area contributed by atoms with Crippen molar-refractivity contribution >= 4 is 21.7 Å². The van der Waals surface area contributed by atoms with Crippen LogP contribution in [0.4, 0.5) is 23.7 Å². The highest BCUT2D eigenvalue weighted by molar-refractivity contribution is 7.89. The van der Waals surface area contributed by atoms with Crippen LogP contribution in [0, 0.1) is 5.92 Å². The van der Waals surface area contributed by atoms with E-state index in [1.54, 1.807) is 18.5 Å². The van der Waals surface area contributed by atoms with E-state index in [0.29, 0.717) is 5.69 Å². The minimum atomic E-state index is -4.25. The second-order valence-corrected chi connectivity index (χ2v) is 9.94. The molecule has 180 valence electrons. The van der Waals surface area contributed by atoms with Crippen LogP contribution in [0.15, 0.2) is 53.7 Å². The van der Waals surface area contributed by atoms with Crippen LogP contribution >= 0.6 is 0 Å². The fourth-order valence-electron chi connectivity index (χ4n) is 3.51. The number of nitrogens with zero attached hydrogens (tertiary/aromatic N) is 2. The molecule has 2 aromatic rings. The van der Waals surface area contributed by atoms with Crippen LogP contribution in [0.3, 0.4) is 0 Å². The van der Waals surface area contributed by atoms with Gasteiger partial charge >= 0.3 is 12.2 Å². The molecule has 1 aromatic heterocycles. The number of aromatic nitrogens is 1. The number of alkyl halides is 3. The first-order chi connectivity index (χ1) is 15.6. The summed E-state index contributed by atoms with van der Waals surface area (Å²) in [6, 6.07) is 8.46. The van der Waals surface area contributed by atoms with Gasteiger partial charge in [-0.2, -0.15) is 17.5 Å². The Hall–Kier alpha value is -2.70. The van der Waals surface area contributed by atoms with Crippen molar-refractivity contribution in [2.45, 2.75) is 36.5 Å². The quantitative estimate of drug-likeness (QED) is 0.560. The van der Waals surface area contributed by atoms with Crippen LogP contribution in [0.5, 0.6) is 0 Å². The smallest absolute Gasteiger partial charge is 0.334 e. The molecule has 1 aliphatic rings. The third-order valence-electron chi connectivity index (χ3n) is 5.45. The number of carbonyl (C=O) groups excluding carboxylic acids is 1. The molecule has 0 spiro atoms. The molecule has 0 radical (unpaired) electrons. The number of benzene rings is 1. The molecule has 0 saturated carbocycles. The fourth-order valence-corrected chi connectivity index (χ4v) is 4.73. The van der Waals surface area contributed by atoms with Gasteiger partial charge in [0.2, 0.25) is 10.0 Å². The maximum Gasteiger partial charge on any atom is 0.393 e. The molecule has 8 nitrogen and oxygen atoms in total. The SMILES string of the molecule is CN(CC1CCC(C(F)(F)F)CN1)S(=O)(=O)c1ccc(NC(=O)NCc2cccnc2)cc1. The van der Waals surface area contributed by atoms with Crippen molar-refractivity contribution in [3.63, 3.8) is 0 Å². The van der Waals surface area contributed by atoms with E-state index in [0.717, 1.165) is 9.87 Å². The predicted octanol–water partition coefficient (Wildman–Crippen LogP) is 2.95. The van der Waals surface area contributed by atoms with Gasteiger partial charge in [0.25, 0.3) is 0 Å². The maximum atomic E-state index is 12.8. The monoisotopic (exact) mass is 485 g/mol. The van der Waals surface area contributed by atoms with Crippen molar-refractivity contribution in [1.82, 2.24) is 19.9 Å². The Balaban J connectivity index is 1.51. The normalized spacial score (nSPS) is 19.3. The molecule has 3 N–H and O–H groups in total. The van der Waals surface area contributed by atoms with Gasteiger partial charge in [0, 0.05) is 50.8 Å². The summed E-state index contributed by atoms with van der Waals surface area (Å²) in [5.41, 5.74) is 1.24. The Labute approximate surface area is 190 Å². The average molecular weight is 486 g/mol. The van der Waals surface area contributed by atoms with Crippen molar-refractivity contribution in [2.24, 2.45) is 5.92 Å². The molecule has 0 aliphatic carbocycles.